The number of fused-ring (bicyclic) bond motifs is 2. The third kappa shape index (κ3) is 5.27. The summed E-state index contributed by atoms with van der Waals surface area (Å²) in [4.78, 5) is 54.8. The predicted octanol–water partition coefficient (Wildman–Crippen LogP) is 5.81. The number of aryl methyl sites for hydroxylation is 1. The lowest BCUT2D eigenvalue weighted by atomic mass is 9.83. The number of nitrogens with one attached hydrogen (secondary N) is 1. The van der Waals surface area contributed by atoms with Crippen molar-refractivity contribution in [1.82, 2.24) is 4.57 Å². The molecule has 3 atom stereocenters. The molecule has 2 unspecified atom stereocenters. The lowest BCUT2D eigenvalue weighted by Gasteiger charge is -2.30. The molecule has 4 aromatic rings. The van der Waals surface area contributed by atoms with E-state index >= 15 is 0 Å². The molecule has 3 amide bonds. The Hall–Kier alpha value is -4.23. The molecule has 1 fully saturated rings. The standard InChI is InChI=1S/C30H21F4N3O4S2/c1-15-5-11-20(12-6-15)37-26(39)23-22(16-7-9-18(31)10-8-16)25-28(42-24(23)27(37)40)36(29(41)43-25)14-21(38)35-19-4-2-3-17(13-19)30(32,33)34/h2-13,22-24H,14H2,1H3,(H,35,38)/t22-,23?,24?/m0/s1. The van der Waals surface area contributed by atoms with Gasteiger partial charge in [-0.25, -0.2) is 9.29 Å². The van der Waals surface area contributed by atoms with Gasteiger partial charge in [0.25, 0.3) is 0 Å². The van der Waals surface area contributed by atoms with E-state index in [-0.39, 0.29) is 5.69 Å². The highest BCUT2D eigenvalue weighted by molar-refractivity contribution is 8.00. The van der Waals surface area contributed by atoms with E-state index in [0.29, 0.717) is 21.2 Å². The first kappa shape index (κ1) is 28.9. The smallest absolute Gasteiger partial charge is 0.325 e. The first-order valence-electron chi connectivity index (χ1n) is 13.0. The van der Waals surface area contributed by atoms with Crippen LogP contribution in [0.3, 0.4) is 0 Å². The van der Waals surface area contributed by atoms with Crippen LogP contribution in [0.5, 0.6) is 0 Å². The number of nitrogens with zero attached hydrogens (tertiary/aromatic N) is 2. The number of rotatable bonds is 5. The van der Waals surface area contributed by atoms with Crippen molar-refractivity contribution in [2.45, 2.75) is 35.8 Å². The summed E-state index contributed by atoms with van der Waals surface area (Å²) in [5.41, 5.74) is 0.815. The highest BCUT2D eigenvalue weighted by Gasteiger charge is 2.56. The monoisotopic (exact) mass is 627 g/mol. The van der Waals surface area contributed by atoms with Crippen LogP contribution in [-0.2, 0) is 27.1 Å². The Bertz CT molecular complexity index is 1820. The molecule has 220 valence electrons. The van der Waals surface area contributed by atoms with Crippen molar-refractivity contribution in [2.24, 2.45) is 5.92 Å². The molecule has 2 aliphatic rings. The fourth-order valence-electron chi connectivity index (χ4n) is 5.35. The number of hydrogen-bond acceptors (Lipinski definition) is 6. The molecule has 0 spiro atoms. The molecule has 7 nitrogen and oxygen atoms in total. The number of aromatic nitrogens is 1. The highest BCUT2D eigenvalue weighted by atomic mass is 32.2. The predicted molar refractivity (Wildman–Crippen MR) is 154 cm³/mol. The van der Waals surface area contributed by atoms with Crippen molar-refractivity contribution in [3.63, 3.8) is 0 Å². The van der Waals surface area contributed by atoms with Crippen LogP contribution in [0.25, 0.3) is 0 Å². The lowest BCUT2D eigenvalue weighted by Crippen LogP contribution is -2.33. The van der Waals surface area contributed by atoms with Gasteiger partial charge in [-0.2, -0.15) is 13.2 Å². The molecule has 1 saturated heterocycles. The lowest BCUT2D eigenvalue weighted by molar-refractivity contribution is -0.137. The van der Waals surface area contributed by atoms with E-state index in [9.17, 15) is 36.7 Å². The molecule has 2 aliphatic heterocycles. The van der Waals surface area contributed by atoms with E-state index in [0.717, 1.165) is 56.3 Å². The summed E-state index contributed by atoms with van der Waals surface area (Å²) in [5, 5.41) is 1.76. The van der Waals surface area contributed by atoms with Gasteiger partial charge < -0.3 is 5.32 Å². The summed E-state index contributed by atoms with van der Waals surface area (Å²) in [6.45, 7) is 1.34. The van der Waals surface area contributed by atoms with E-state index in [4.69, 9.17) is 0 Å². The molecule has 43 heavy (non-hydrogen) atoms. The minimum Gasteiger partial charge on any atom is -0.325 e. The summed E-state index contributed by atoms with van der Waals surface area (Å²) in [7, 11) is 0. The molecular formula is C30H21F4N3O4S2. The molecule has 3 heterocycles. The van der Waals surface area contributed by atoms with E-state index in [1.165, 1.54) is 30.3 Å². The van der Waals surface area contributed by atoms with Gasteiger partial charge >= 0.3 is 11.0 Å². The topological polar surface area (TPSA) is 88.5 Å². The van der Waals surface area contributed by atoms with Crippen molar-refractivity contribution < 1.29 is 31.9 Å². The quantitative estimate of drug-likeness (QED) is 0.223. The molecule has 6 rings (SSSR count). The Labute approximate surface area is 250 Å². The second-order valence-electron chi connectivity index (χ2n) is 10.2. The van der Waals surface area contributed by atoms with Crippen molar-refractivity contribution in [2.75, 3.05) is 10.2 Å². The van der Waals surface area contributed by atoms with Crippen molar-refractivity contribution in [3.8, 4) is 0 Å². The van der Waals surface area contributed by atoms with Gasteiger partial charge in [0, 0.05) is 16.5 Å². The number of carbonyl (C=O) groups is 3. The number of imide groups is 1. The Morgan fingerprint density at radius 1 is 0.953 bits per heavy atom. The van der Waals surface area contributed by atoms with Gasteiger partial charge in [0.2, 0.25) is 17.7 Å². The van der Waals surface area contributed by atoms with Gasteiger partial charge in [-0.3, -0.25) is 23.7 Å². The van der Waals surface area contributed by atoms with E-state index < -0.39 is 63.8 Å². The minimum atomic E-state index is -4.61. The first-order chi connectivity index (χ1) is 20.4. The van der Waals surface area contributed by atoms with Crippen LogP contribution in [0, 0.1) is 18.7 Å². The van der Waals surface area contributed by atoms with Crippen molar-refractivity contribution in [1.29, 1.82) is 0 Å². The zero-order chi connectivity index (χ0) is 30.6. The number of amides is 3. The normalized spacial score (nSPS) is 19.7. The number of hydrogen-bond donors (Lipinski definition) is 1. The van der Waals surface area contributed by atoms with Gasteiger partial charge in [0.15, 0.2) is 0 Å². The molecule has 3 aromatic carbocycles. The third-order valence-corrected chi connectivity index (χ3v) is 9.95. The van der Waals surface area contributed by atoms with Crippen molar-refractivity contribution in [3.05, 3.63) is 110 Å². The molecule has 1 N–H and O–H groups in total. The van der Waals surface area contributed by atoms with Crippen LogP contribution < -0.4 is 15.1 Å². The zero-order valence-electron chi connectivity index (χ0n) is 22.2. The van der Waals surface area contributed by atoms with Gasteiger partial charge in [0.05, 0.1) is 22.2 Å². The van der Waals surface area contributed by atoms with Crippen LogP contribution in [0.4, 0.5) is 28.9 Å². The average molecular weight is 628 g/mol. The van der Waals surface area contributed by atoms with Gasteiger partial charge in [0.1, 0.15) is 17.6 Å². The summed E-state index contributed by atoms with van der Waals surface area (Å²) < 4.78 is 54.4. The van der Waals surface area contributed by atoms with Crippen LogP contribution in [0.2, 0.25) is 0 Å². The fourth-order valence-corrected chi connectivity index (χ4v) is 8.12. The average Bonchev–Trinajstić information content (AvgIpc) is 3.40. The number of thiazole rings is 1. The van der Waals surface area contributed by atoms with Gasteiger partial charge in [-0.05, 0) is 55.0 Å². The highest BCUT2D eigenvalue weighted by Crippen LogP contribution is 2.53. The molecule has 1 aromatic heterocycles. The van der Waals surface area contributed by atoms with E-state index in [1.807, 2.05) is 6.92 Å². The van der Waals surface area contributed by atoms with E-state index in [1.54, 1.807) is 24.3 Å². The molecule has 0 saturated carbocycles. The van der Waals surface area contributed by atoms with Crippen LogP contribution in [0.1, 0.15) is 27.5 Å². The second-order valence-corrected chi connectivity index (χ2v) is 12.3. The number of anilines is 2. The maximum absolute atomic E-state index is 13.9. The largest absolute Gasteiger partial charge is 0.416 e. The van der Waals surface area contributed by atoms with Crippen LogP contribution >= 0.6 is 23.1 Å². The summed E-state index contributed by atoms with van der Waals surface area (Å²) in [5.74, 6) is -3.88. The summed E-state index contributed by atoms with van der Waals surface area (Å²) in [6.07, 6.45) is -4.61. The molecule has 13 heteroatoms. The van der Waals surface area contributed by atoms with Gasteiger partial charge in [-0.1, -0.05) is 59.0 Å². The summed E-state index contributed by atoms with van der Waals surface area (Å²) >= 11 is 1.81. The number of benzene rings is 3. The maximum Gasteiger partial charge on any atom is 0.416 e. The summed E-state index contributed by atoms with van der Waals surface area (Å²) in [6, 6.07) is 16.5. The Balaban J connectivity index is 1.37. The molecule has 0 radical (unpaired) electrons. The Morgan fingerprint density at radius 2 is 1.65 bits per heavy atom. The number of alkyl halides is 3. The number of halogens is 4. The molecule has 0 bridgehead atoms. The Morgan fingerprint density at radius 3 is 2.33 bits per heavy atom. The first-order valence-corrected chi connectivity index (χ1v) is 14.7. The minimum absolute atomic E-state index is 0.0980. The molecular weight excluding hydrogens is 606 g/mol. The van der Waals surface area contributed by atoms with Crippen molar-refractivity contribution >= 4 is 52.2 Å². The molecule has 0 aliphatic carbocycles. The SMILES string of the molecule is Cc1ccc(N2C(=O)C3Sc4c(sc(=O)n4CC(=O)Nc4cccc(C(F)(F)F)c4)[C@@H](c4ccc(F)cc4)C3C2=O)cc1. The second kappa shape index (κ2) is 10.8. The number of carbonyl (C=O) groups excluding carboxylic acids is 3. The van der Waals surface area contributed by atoms with Gasteiger partial charge in [-0.15, -0.1) is 0 Å². The maximum atomic E-state index is 13.9. The fraction of sp³-hybridized carbons (Fsp3) is 0.200. The zero-order valence-corrected chi connectivity index (χ0v) is 23.9. The van der Waals surface area contributed by atoms with Crippen LogP contribution in [-0.4, -0.2) is 27.5 Å². The number of thioether (sulfide) groups is 1. The van der Waals surface area contributed by atoms with Crippen LogP contribution in [0.15, 0.2) is 82.6 Å². The Kier molecular flexibility index (Phi) is 7.25. The third-order valence-electron chi connectivity index (χ3n) is 7.35. The van der Waals surface area contributed by atoms with E-state index in [2.05, 4.69) is 5.32 Å².